The summed E-state index contributed by atoms with van der Waals surface area (Å²) in [4.78, 5) is 0.0296. The summed E-state index contributed by atoms with van der Waals surface area (Å²) >= 11 is 0. The van der Waals surface area contributed by atoms with E-state index in [1.807, 2.05) is 0 Å². The van der Waals surface area contributed by atoms with Gasteiger partial charge in [0.05, 0.1) is 0 Å². The highest BCUT2D eigenvalue weighted by molar-refractivity contribution is 7.95. The van der Waals surface area contributed by atoms with Crippen molar-refractivity contribution in [3.05, 3.63) is 29.2 Å². The summed E-state index contributed by atoms with van der Waals surface area (Å²) in [7, 11) is -3.47. The van der Waals surface area contributed by atoms with Crippen molar-refractivity contribution in [1.29, 1.82) is 0 Å². The van der Waals surface area contributed by atoms with E-state index in [0.29, 0.717) is 18.5 Å². The van der Waals surface area contributed by atoms with Crippen LogP contribution in [0, 0.1) is 0 Å². The summed E-state index contributed by atoms with van der Waals surface area (Å²) in [5, 5.41) is 10.8. The van der Waals surface area contributed by atoms with Gasteiger partial charge in [0, 0.05) is 11.0 Å². The molecule has 0 unspecified atom stereocenters. The van der Waals surface area contributed by atoms with Crippen LogP contribution in [0.4, 0.5) is 0 Å². The summed E-state index contributed by atoms with van der Waals surface area (Å²) in [6.45, 7) is 0.519. The highest BCUT2D eigenvalue weighted by atomic mass is 32.2. The number of phenols is 1. The number of rotatable bonds is 3. The maximum absolute atomic E-state index is 11.8. The van der Waals surface area contributed by atoms with E-state index in [9.17, 15) is 13.5 Å². The van der Waals surface area contributed by atoms with Gasteiger partial charge in [-0.3, -0.25) is 0 Å². The first-order valence-electron chi connectivity index (χ1n) is 5.04. The quantitative estimate of drug-likeness (QED) is 0.832. The molecule has 1 aliphatic heterocycles. The standard InChI is InChI=1S/C11H13NO3S/c12-6-2-3-8-7-16(14,15)11-9(8)4-1-5-10(11)13/h1,4-5,7,13H,2-3,6,12H2. The molecular weight excluding hydrogens is 226 g/mol. The van der Waals surface area contributed by atoms with Gasteiger partial charge in [-0.2, -0.15) is 0 Å². The van der Waals surface area contributed by atoms with E-state index in [0.717, 1.165) is 12.0 Å². The summed E-state index contributed by atoms with van der Waals surface area (Å²) < 4.78 is 23.6. The number of sulfone groups is 1. The van der Waals surface area contributed by atoms with Gasteiger partial charge < -0.3 is 10.8 Å². The zero-order chi connectivity index (χ0) is 11.8. The van der Waals surface area contributed by atoms with Gasteiger partial charge >= 0.3 is 0 Å². The number of fused-ring (bicyclic) bond motifs is 1. The lowest BCUT2D eigenvalue weighted by Crippen LogP contribution is -1.98. The van der Waals surface area contributed by atoms with E-state index < -0.39 is 9.84 Å². The predicted molar refractivity (Wildman–Crippen MR) is 61.6 cm³/mol. The number of hydrogen-bond donors (Lipinski definition) is 2. The first-order valence-corrected chi connectivity index (χ1v) is 6.59. The molecule has 1 aliphatic rings. The van der Waals surface area contributed by atoms with E-state index in [2.05, 4.69) is 0 Å². The number of hydrogen-bond acceptors (Lipinski definition) is 4. The van der Waals surface area contributed by atoms with Crippen molar-refractivity contribution in [1.82, 2.24) is 0 Å². The molecule has 0 fully saturated rings. The maximum Gasteiger partial charge on any atom is 0.204 e. The fourth-order valence-electron chi connectivity index (χ4n) is 1.87. The lowest BCUT2D eigenvalue weighted by atomic mass is 10.0. The SMILES string of the molecule is NCCCC1=CS(=O)(=O)c2c(O)cccc21. The average molecular weight is 239 g/mol. The van der Waals surface area contributed by atoms with E-state index >= 15 is 0 Å². The minimum atomic E-state index is -3.47. The first kappa shape index (κ1) is 11.2. The van der Waals surface area contributed by atoms with Gasteiger partial charge in [-0.25, -0.2) is 8.42 Å². The van der Waals surface area contributed by atoms with E-state index in [4.69, 9.17) is 5.73 Å². The van der Waals surface area contributed by atoms with Crippen LogP contribution in [-0.2, 0) is 9.84 Å². The Hall–Kier alpha value is -1.33. The zero-order valence-corrected chi connectivity index (χ0v) is 9.50. The Labute approximate surface area is 94.3 Å². The van der Waals surface area contributed by atoms with Gasteiger partial charge in [0.25, 0.3) is 0 Å². The fourth-order valence-corrected chi connectivity index (χ4v) is 3.47. The van der Waals surface area contributed by atoms with Crippen molar-refractivity contribution in [2.24, 2.45) is 5.73 Å². The molecule has 4 nitrogen and oxygen atoms in total. The largest absolute Gasteiger partial charge is 0.507 e. The summed E-state index contributed by atoms with van der Waals surface area (Å²) in [5.41, 5.74) is 6.74. The third-order valence-electron chi connectivity index (χ3n) is 2.57. The molecule has 16 heavy (non-hydrogen) atoms. The summed E-state index contributed by atoms with van der Waals surface area (Å²) in [6.07, 6.45) is 1.35. The highest BCUT2D eigenvalue weighted by Gasteiger charge is 2.29. The van der Waals surface area contributed by atoms with E-state index in [-0.39, 0.29) is 10.6 Å². The van der Waals surface area contributed by atoms with Gasteiger partial charge in [0.2, 0.25) is 9.84 Å². The molecule has 0 saturated heterocycles. The van der Waals surface area contributed by atoms with Gasteiger partial charge in [-0.05, 0) is 31.0 Å². The zero-order valence-electron chi connectivity index (χ0n) is 8.68. The molecule has 0 aliphatic carbocycles. The normalized spacial score (nSPS) is 16.9. The second-order valence-electron chi connectivity index (χ2n) is 3.73. The fraction of sp³-hybridized carbons (Fsp3) is 0.273. The van der Waals surface area contributed by atoms with Crippen LogP contribution in [0.25, 0.3) is 5.57 Å². The number of allylic oxidation sites excluding steroid dienone is 1. The van der Waals surface area contributed by atoms with E-state index in [1.165, 1.54) is 11.5 Å². The van der Waals surface area contributed by atoms with Crippen molar-refractivity contribution >= 4 is 15.4 Å². The number of benzene rings is 1. The molecule has 5 heteroatoms. The molecule has 0 atom stereocenters. The minimum Gasteiger partial charge on any atom is -0.507 e. The summed E-state index contributed by atoms with van der Waals surface area (Å²) in [5.74, 6) is -0.184. The van der Waals surface area contributed by atoms with Crippen molar-refractivity contribution in [2.45, 2.75) is 17.7 Å². The maximum atomic E-state index is 11.8. The molecule has 0 aromatic heterocycles. The minimum absolute atomic E-state index is 0.0296. The Morgan fingerprint density at radius 2 is 2.06 bits per heavy atom. The van der Waals surface area contributed by atoms with Crippen LogP contribution in [-0.4, -0.2) is 20.1 Å². The smallest absolute Gasteiger partial charge is 0.204 e. The van der Waals surface area contributed by atoms with Crippen molar-refractivity contribution in [3.63, 3.8) is 0 Å². The second-order valence-corrected chi connectivity index (χ2v) is 5.47. The Morgan fingerprint density at radius 1 is 1.31 bits per heavy atom. The molecular formula is C11H13NO3S. The third-order valence-corrected chi connectivity index (χ3v) is 4.17. The first-order chi connectivity index (χ1) is 7.56. The van der Waals surface area contributed by atoms with Crippen molar-refractivity contribution < 1.29 is 13.5 Å². The Kier molecular flexibility index (Phi) is 2.73. The van der Waals surface area contributed by atoms with Crippen LogP contribution in [0.15, 0.2) is 28.5 Å². The summed E-state index contributed by atoms with van der Waals surface area (Å²) in [6, 6.07) is 4.74. The molecule has 0 spiro atoms. The molecule has 3 N–H and O–H groups in total. The van der Waals surface area contributed by atoms with Crippen LogP contribution in [0.3, 0.4) is 0 Å². The van der Waals surface area contributed by atoms with Crippen LogP contribution in [0.2, 0.25) is 0 Å². The molecule has 0 amide bonds. The molecule has 0 radical (unpaired) electrons. The van der Waals surface area contributed by atoms with Gasteiger partial charge in [-0.15, -0.1) is 0 Å². The number of phenolic OH excluding ortho intramolecular Hbond substituents is 1. The molecule has 86 valence electrons. The van der Waals surface area contributed by atoms with Gasteiger partial charge in [0.15, 0.2) is 0 Å². The molecule has 0 bridgehead atoms. The second kappa shape index (κ2) is 3.92. The topological polar surface area (TPSA) is 80.4 Å². The molecule has 1 heterocycles. The number of aromatic hydroxyl groups is 1. The lowest BCUT2D eigenvalue weighted by molar-refractivity contribution is 0.459. The monoisotopic (exact) mass is 239 g/mol. The molecule has 0 saturated carbocycles. The Bertz CT molecular complexity index is 546. The van der Waals surface area contributed by atoms with Crippen LogP contribution >= 0.6 is 0 Å². The molecule has 1 aromatic carbocycles. The number of nitrogens with two attached hydrogens (primary N) is 1. The van der Waals surface area contributed by atoms with Crippen molar-refractivity contribution in [3.8, 4) is 5.75 Å². The van der Waals surface area contributed by atoms with Crippen molar-refractivity contribution in [2.75, 3.05) is 6.54 Å². The van der Waals surface area contributed by atoms with Gasteiger partial charge in [-0.1, -0.05) is 12.1 Å². The lowest BCUT2D eigenvalue weighted by Gasteiger charge is -2.04. The molecule has 1 aromatic rings. The predicted octanol–water partition coefficient (Wildman–Crippen LogP) is 1.26. The third kappa shape index (κ3) is 1.72. The van der Waals surface area contributed by atoms with Crippen LogP contribution in [0.5, 0.6) is 5.75 Å². The van der Waals surface area contributed by atoms with Gasteiger partial charge in [0.1, 0.15) is 10.6 Å². The van der Waals surface area contributed by atoms with Crippen LogP contribution < -0.4 is 5.73 Å². The van der Waals surface area contributed by atoms with E-state index in [1.54, 1.807) is 12.1 Å². The van der Waals surface area contributed by atoms with Crippen LogP contribution in [0.1, 0.15) is 18.4 Å². The highest BCUT2D eigenvalue weighted by Crippen LogP contribution is 2.40. The Balaban J connectivity index is 2.52. The Morgan fingerprint density at radius 3 is 2.75 bits per heavy atom. The molecule has 2 rings (SSSR count). The average Bonchev–Trinajstić information content (AvgIpc) is 2.49.